The van der Waals surface area contributed by atoms with Crippen LogP contribution in [-0.4, -0.2) is 14.8 Å². The first-order valence-electron chi connectivity index (χ1n) is 21.1. The highest BCUT2D eigenvalue weighted by molar-refractivity contribution is 6.06. The van der Waals surface area contributed by atoms with Crippen molar-refractivity contribution in [1.29, 1.82) is 0 Å². The van der Waals surface area contributed by atoms with E-state index in [4.69, 9.17) is 14.5 Å². The Bertz CT molecular complexity index is 3140. The van der Waals surface area contributed by atoms with Crippen molar-refractivity contribution >= 4 is 73.2 Å². The van der Waals surface area contributed by atoms with Crippen molar-refractivity contribution < 1.29 is 4.42 Å². The van der Waals surface area contributed by atoms with Gasteiger partial charge in [0.25, 0.3) is 0 Å². The maximum atomic E-state index is 13.6. The van der Waals surface area contributed by atoms with Crippen molar-refractivity contribution in [1.82, 2.24) is 14.8 Å². The van der Waals surface area contributed by atoms with Crippen LogP contribution in [-0.2, 0) is 5.41 Å². The van der Waals surface area contributed by atoms with E-state index in [1.165, 1.54) is 0 Å². The number of pyridine rings is 1. The lowest BCUT2D eigenvalue weighted by atomic mass is 9.73. The van der Waals surface area contributed by atoms with Crippen molar-refractivity contribution in [3.63, 3.8) is 0 Å². The predicted octanol–water partition coefficient (Wildman–Crippen LogP) is 13.9. The summed E-state index contributed by atoms with van der Waals surface area (Å²) in [6.07, 6.45) is 2.01. The Kier molecular flexibility index (Phi) is 9.01. The van der Waals surface area contributed by atoms with Gasteiger partial charge in [-0.25, -0.2) is 14.5 Å². The second kappa shape index (κ2) is 15.0. The van der Waals surface area contributed by atoms with Crippen molar-refractivity contribution in [3.05, 3.63) is 228 Å². The molecule has 0 radical (unpaired) electrons. The van der Waals surface area contributed by atoms with Gasteiger partial charge in [0, 0.05) is 44.9 Å². The van der Waals surface area contributed by atoms with Gasteiger partial charge >= 0.3 is 5.63 Å². The number of aryl methyl sites for hydroxylation is 1. The minimum absolute atomic E-state index is 0.410. The average molecular weight is 819 g/mol. The molecular weight excluding hydrogens is 777 g/mol. The highest BCUT2D eigenvalue weighted by Crippen LogP contribution is 2.54. The molecule has 0 N–H and O–H groups in total. The van der Waals surface area contributed by atoms with Crippen LogP contribution in [0.15, 0.2) is 210 Å². The summed E-state index contributed by atoms with van der Waals surface area (Å²) in [5, 5.41) is 6.12. The number of anilines is 9. The number of rotatable bonds is 8. The zero-order valence-corrected chi connectivity index (χ0v) is 35.1. The van der Waals surface area contributed by atoms with E-state index in [-0.39, 0.29) is 0 Å². The fourth-order valence-electron chi connectivity index (χ4n) is 9.18. The van der Waals surface area contributed by atoms with Gasteiger partial charge in [-0.05, 0) is 121 Å². The van der Waals surface area contributed by atoms with Crippen LogP contribution in [0.25, 0.3) is 27.6 Å². The molecule has 0 amide bonds. The van der Waals surface area contributed by atoms with Crippen LogP contribution in [0.3, 0.4) is 0 Å². The van der Waals surface area contributed by atoms with Crippen LogP contribution in [0.1, 0.15) is 30.7 Å². The Morgan fingerprint density at radius 3 is 1.67 bits per heavy atom. The molecule has 63 heavy (non-hydrogen) atoms. The van der Waals surface area contributed by atoms with E-state index in [1.807, 2.05) is 84.5 Å². The number of fused-ring (bicyclic) bond motifs is 5. The first-order chi connectivity index (χ1) is 30.8. The van der Waals surface area contributed by atoms with Crippen LogP contribution in [0.4, 0.5) is 51.3 Å². The molecule has 0 spiro atoms. The molecule has 0 unspecified atom stereocenters. The minimum atomic E-state index is -0.493. The fraction of sp³-hybridized carbons (Fsp3) is 0.0727. The maximum absolute atomic E-state index is 13.6. The number of para-hydroxylation sites is 5. The summed E-state index contributed by atoms with van der Waals surface area (Å²) in [6.45, 7) is 6.47. The largest absolute Gasteiger partial charge is 0.422 e. The van der Waals surface area contributed by atoms with Gasteiger partial charge in [-0.1, -0.05) is 105 Å². The zero-order chi connectivity index (χ0) is 42.7. The van der Waals surface area contributed by atoms with Gasteiger partial charge in [-0.2, -0.15) is 5.10 Å². The summed E-state index contributed by atoms with van der Waals surface area (Å²) < 4.78 is 7.88. The minimum Gasteiger partial charge on any atom is -0.422 e. The second-order valence-electron chi connectivity index (χ2n) is 16.4. The van der Waals surface area contributed by atoms with Crippen LogP contribution in [0.2, 0.25) is 0 Å². The average Bonchev–Trinajstić information content (AvgIpc) is 3.69. The quantitative estimate of drug-likeness (QED) is 0.141. The Morgan fingerprint density at radius 1 is 0.540 bits per heavy atom. The molecule has 0 atom stereocenters. The molecule has 11 rings (SSSR count). The lowest BCUT2D eigenvalue weighted by molar-refractivity contribution is 0.569. The molecule has 304 valence electrons. The summed E-state index contributed by atoms with van der Waals surface area (Å²) in [7, 11) is 0. The molecule has 7 aromatic carbocycles. The fourth-order valence-corrected chi connectivity index (χ4v) is 9.18. The number of benzene rings is 7. The lowest BCUT2D eigenvalue weighted by Crippen LogP contribution is -2.31. The lowest BCUT2D eigenvalue weighted by Gasteiger charge is -2.43. The first-order valence-corrected chi connectivity index (χ1v) is 21.1. The van der Waals surface area contributed by atoms with Gasteiger partial charge in [-0.3, -0.25) is 4.90 Å². The van der Waals surface area contributed by atoms with E-state index in [1.54, 1.807) is 0 Å². The maximum Gasteiger partial charge on any atom is 0.347 e. The van der Waals surface area contributed by atoms with Gasteiger partial charge in [-0.15, -0.1) is 0 Å². The van der Waals surface area contributed by atoms with Crippen molar-refractivity contribution in [2.75, 3.05) is 14.7 Å². The standard InChI is InChI=1S/C55H42N6O2/c1-37-52-53(61(57-37)42-27-17-8-18-28-42)45-33-43(30-32-50(45)63-54(52)62)60-48-31-29-44(58(38-19-9-4-10-20-38)39-21-11-5-12-22-39)34-46(48)55(2,3)47-35-51(56-36-49(47)60)59(40-23-13-6-14-24-40)41-25-15-7-16-26-41/h4-36H,1-3H3. The van der Waals surface area contributed by atoms with Crippen LogP contribution in [0, 0.1) is 6.92 Å². The normalized spacial score (nSPS) is 12.8. The smallest absolute Gasteiger partial charge is 0.347 e. The first kappa shape index (κ1) is 37.7. The molecule has 0 aliphatic carbocycles. The summed E-state index contributed by atoms with van der Waals surface area (Å²) in [5.41, 5.74) is 12.1. The number of aromatic nitrogens is 3. The van der Waals surface area contributed by atoms with Gasteiger partial charge in [0.2, 0.25) is 0 Å². The van der Waals surface area contributed by atoms with Gasteiger partial charge in [0.05, 0.1) is 34.5 Å². The highest BCUT2D eigenvalue weighted by Gasteiger charge is 2.39. The molecule has 8 nitrogen and oxygen atoms in total. The molecule has 0 fully saturated rings. The summed E-state index contributed by atoms with van der Waals surface area (Å²) in [4.78, 5) is 25.7. The molecule has 0 bridgehead atoms. The van der Waals surface area contributed by atoms with Crippen LogP contribution >= 0.6 is 0 Å². The molecule has 3 aromatic heterocycles. The van der Waals surface area contributed by atoms with Crippen molar-refractivity contribution in [3.8, 4) is 5.69 Å². The number of nitrogens with zero attached hydrogens (tertiary/aromatic N) is 6. The van der Waals surface area contributed by atoms with E-state index < -0.39 is 11.0 Å². The Balaban J connectivity index is 1.17. The molecule has 10 aromatic rings. The monoisotopic (exact) mass is 818 g/mol. The molecular formula is C55H42N6O2. The molecule has 0 saturated heterocycles. The van der Waals surface area contributed by atoms with Crippen LogP contribution < -0.4 is 20.3 Å². The van der Waals surface area contributed by atoms with Gasteiger partial charge in [0.1, 0.15) is 16.8 Å². The van der Waals surface area contributed by atoms with E-state index in [0.717, 1.165) is 73.5 Å². The van der Waals surface area contributed by atoms with E-state index in [9.17, 15) is 4.79 Å². The molecule has 0 saturated carbocycles. The summed E-state index contributed by atoms with van der Waals surface area (Å²) in [5.74, 6) is 0.804. The Hall–Kier alpha value is -8.23. The Labute approximate surface area is 365 Å². The van der Waals surface area contributed by atoms with Crippen molar-refractivity contribution in [2.45, 2.75) is 26.2 Å². The molecule has 4 heterocycles. The van der Waals surface area contributed by atoms with E-state index >= 15 is 0 Å². The SMILES string of the molecule is Cc1nn(-c2ccccc2)c2c1c(=O)oc1ccc(N3c4ccc(N(c5ccccc5)c5ccccc5)cc4C(C)(C)c4cc(N(c5ccccc5)c5ccccc5)ncc43)cc12. The molecule has 1 aliphatic rings. The third-order valence-electron chi connectivity index (χ3n) is 12.2. The highest BCUT2D eigenvalue weighted by atomic mass is 16.4. The second-order valence-corrected chi connectivity index (χ2v) is 16.4. The summed E-state index contributed by atoms with van der Waals surface area (Å²) in [6, 6.07) is 66.8. The molecule has 8 heteroatoms. The van der Waals surface area contributed by atoms with Crippen molar-refractivity contribution in [2.24, 2.45) is 0 Å². The Morgan fingerprint density at radius 2 is 1.08 bits per heavy atom. The summed E-state index contributed by atoms with van der Waals surface area (Å²) >= 11 is 0. The number of hydrogen-bond acceptors (Lipinski definition) is 7. The predicted molar refractivity (Wildman–Crippen MR) is 256 cm³/mol. The third-order valence-corrected chi connectivity index (χ3v) is 12.2. The third kappa shape index (κ3) is 6.34. The topological polar surface area (TPSA) is 70.6 Å². The van der Waals surface area contributed by atoms with E-state index in [2.05, 4.69) is 156 Å². The van der Waals surface area contributed by atoms with Crippen LogP contribution in [0.5, 0.6) is 0 Å². The van der Waals surface area contributed by atoms with E-state index in [0.29, 0.717) is 22.2 Å². The van der Waals surface area contributed by atoms with Gasteiger partial charge in [0.15, 0.2) is 0 Å². The van der Waals surface area contributed by atoms with Gasteiger partial charge < -0.3 is 14.2 Å². The molecule has 1 aliphatic heterocycles. The number of hydrogen-bond donors (Lipinski definition) is 0. The zero-order valence-electron chi connectivity index (χ0n) is 35.1.